The molecule has 0 unspecified atom stereocenters. The van der Waals surface area contributed by atoms with E-state index in [2.05, 4.69) is 21.3 Å². The molecule has 2 heterocycles. The molecule has 1 aromatic heterocycles. The van der Waals surface area contributed by atoms with Crippen LogP contribution < -0.4 is 15.0 Å². The lowest BCUT2D eigenvalue weighted by Crippen LogP contribution is -2.43. The Morgan fingerprint density at radius 1 is 1.26 bits per heavy atom. The van der Waals surface area contributed by atoms with Gasteiger partial charge in [0, 0.05) is 51.9 Å². The van der Waals surface area contributed by atoms with Gasteiger partial charge in [-0.3, -0.25) is 4.98 Å². The number of aromatic nitrogens is 1. The second-order valence-electron chi connectivity index (χ2n) is 4.51. The fourth-order valence-electron chi connectivity index (χ4n) is 2.08. The van der Waals surface area contributed by atoms with Gasteiger partial charge in [0.15, 0.2) is 0 Å². The highest BCUT2D eigenvalue weighted by atomic mass is 16.5. The van der Waals surface area contributed by atoms with Crippen molar-refractivity contribution in [3.63, 3.8) is 0 Å². The van der Waals surface area contributed by atoms with Gasteiger partial charge in [-0.2, -0.15) is 0 Å². The molecule has 0 radical (unpaired) electrons. The number of pyridine rings is 1. The van der Waals surface area contributed by atoms with Crippen molar-refractivity contribution in [2.24, 2.45) is 0 Å². The first-order valence-corrected chi connectivity index (χ1v) is 7.01. The molecule has 1 fully saturated rings. The highest BCUT2D eigenvalue weighted by Crippen LogP contribution is 2.19. The summed E-state index contributed by atoms with van der Waals surface area (Å²) in [6.07, 6.45) is 4.58. The Morgan fingerprint density at radius 3 is 2.89 bits per heavy atom. The number of nitrogens with zero attached hydrogens (tertiary/aromatic N) is 2. The first-order chi connectivity index (χ1) is 9.40. The summed E-state index contributed by atoms with van der Waals surface area (Å²) in [7, 11) is 0. The maximum absolute atomic E-state index is 5.70. The Hall–Kier alpha value is -1.33. The van der Waals surface area contributed by atoms with Crippen molar-refractivity contribution >= 4 is 5.69 Å². The van der Waals surface area contributed by atoms with Crippen LogP contribution in [0.3, 0.4) is 0 Å². The molecular weight excluding hydrogens is 242 g/mol. The molecule has 0 bridgehead atoms. The highest BCUT2D eigenvalue weighted by molar-refractivity contribution is 5.48. The molecule has 5 nitrogen and oxygen atoms in total. The fourth-order valence-corrected chi connectivity index (χ4v) is 2.08. The molecule has 106 valence electrons. The van der Waals surface area contributed by atoms with Gasteiger partial charge >= 0.3 is 0 Å². The molecule has 0 saturated carbocycles. The van der Waals surface area contributed by atoms with Gasteiger partial charge in [-0.1, -0.05) is 0 Å². The summed E-state index contributed by atoms with van der Waals surface area (Å²) in [6.45, 7) is 8.29. The summed E-state index contributed by atoms with van der Waals surface area (Å²) >= 11 is 0. The lowest BCUT2D eigenvalue weighted by molar-refractivity contribution is 0.131. The summed E-state index contributed by atoms with van der Waals surface area (Å²) < 4.78 is 11.0. The molecule has 1 N–H and O–H groups in total. The lowest BCUT2D eigenvalue weighted by atomic mass is 10.3. The quantitative estimate of drug-likeness (QED) is 0.753. The van der Waals surface area contributed by atoms with Crippen molar-refractivity contribution in [1.82, 2.24) is 10.3 Å². The standard InChI is InChI=1S/C14H23N3O2/c1-2-18-8-3-9-19-14-10-13(11-16-12-14)17-6-4-15-5-7-17/h10-12,15H,2-9H2,1H3. The molecule has 0 aromatic carbocycles. The van der Waals surface area contributed by atoms with Crippen LogP contribution in [-0.2, 0) is 4.74 Å². The predicted octanol–water partition coefficient (Wildman–Crippen LogP) is 1.30. The predicted molar refractivity (Wildman–Crippen MR) is 75.9 cm³/mol. The number of anilines is 1. The van der Waals surface area contributed by atoms with Crippen molar-refractivity contribution < 1.29 is 9.47 Å². The van der Waals surface area contributed by atoms with E-state index >= 15 is 0 Å². The zero-order chi connectivity index (χ0) is 13.3. The minimum absolute atomic E-state index is 0.673. The van der Waals surface area contributed by atoms with E-state index < -0.39 is 0 Å². The minimum atomic E-state index is 0.673. The van der Waals surface area contributed by atoms with Crippen LogP contribution in [0.15, 0.2) is 18.5 Å². The van der Waals surface area contributed by atoms with Crippen LogP contribution >= 0.6 is 0 Å². The van der Waals surface area contributed by atoms with Crippen LogP contribution in [0.5, 0.6) is 5.75 Å². The first kappa shape index (κ1) is 14.1. The maximum Gasteiger partial charge on any atom is 0.139 e. The summed E-state index contributed by atoms with van der Waals surface area (Å²) in [4.78, 5) is 6.59. The van der Waals surface area contributed by atoms with Crippen LogP contribution in [0, 0.1) is 0 Å². The van der Waals surface area contributed by atoms with Crippen LogP contribution in [0.2, 0.25) is 0 Å². The van der Waals surface area contributed by atoms with E-state index in [0.29, 0.717) is 6.61 Å². The SMILES string of the molecule is CCOCCCOc1cncc(N2CCNCC2)c1. The van der Waals surface area contributed by atoms with Crippen molar-refractivity contribution in [2.75, 3.05) is 50.9 Å². The molecule has 0 aliphatic carbocycles. The Labute approximate surface area is 114 Å². The van der Waals surface area contributed by atoms with Crippen molar-refractivity contribution in [3.05, 3.63) is 18.5 Å². The molecule has 19 heavy (non-hydrogen) atoms. The molecule has 1 aliphatic heterocycles. The maximum atomic E-state index is 5.70. The van der Waals surface area contributed by atoms with Gasteiger partial charge in [0.1, 0.15) is 5.75 Å². The van der Waals surface area contributed by atoms with E-state index in [1.54, 1.807) is 6.20 Å². The monoisotopic (exact) mass is 265 g/mol. The van der Waals surface area contributed by atoms with Gasteiger partial charge in [-0.15, -0.1) is 0 Å². The second kappa shape index (κ2) is 7.96. The third-order valence-corrected chi connectivity index (χ3v) is 3.09. The zero-order valence-electron chi connectivity index (χ0n) is 11.6. The third-order valence-electron chi connectivity index (χ3n) is 3.09. The average Bonchev–Trinajstić information content (AvgIpc) is 2.48. The normalized spacial score (nSPS) is 15.5. The summed E-state index contributed by atoms with van der Waals surface area (Å²) in [5.74, 6) is 0.840. The molecule has 1 aromatic rings. The van der Waals surface area contributed by atoms with E-state index in [9.17, 15) is 0 Å². The third kappa shape index (κ3) is 4.69. The lowest BCUT2D eigenvalue weighted by Gasteiger charge is -2.29. The van der Waals surface area contributed by atoms with Crippen molar-refractivity contribution in [2.45, 2.75) is 13.3 Å². The number of rotatable bonds is 7. The Bertz CT molecular complexity index is 367. The first-order valence-electron chi connectivity index (χ1n) is 7.01. The van der Waals surface area contributed by atoms with E-state index in [4.69, 9.17) is 9.47 Å². The van der Waals surface area contributed by atoms with Crippen LogP contribution in [-0.4, -0.2) is 51.0 Å². The molecule has 5 heteroatoms. The van der Waals surface area contributed by atoms with Gasteiger partial charge in [0.05, 0.1) is 24.7 Å². The van der Waals surface area contributed by atoms with Crippen LogP contribution in [0.4, 0.5) is 5.69 Å². The molecular formula is C14H23N3O2. The fraction of sp³-hybridized carbons (Fsp3) is 0.643. The molecule has 0 atom stereocenters. The highest BCUT2D eigenvalue weighted by Gasteiger charge is 2.11. The number of ether oxygens (including phenoxy) is 2. The Kier molecular flexibility index (Phi) is 5.91. The van der Waals surface area contributed by atoms with Gasteiger partial charge in [0.25, 0.3) is 0 Å². The number of hydrogen-bond donors (Lipinski definition) is 1. The van der Waals surface area contributed by atoms with Crippen LogP contribution in [0.25, 0.3) is 0 Å². The second-order valence-corrected chi connectivity index (χ2v) is 4.51. The van der Waals surface area contributed by atoms with Crippen LogP contribution in [0.1, 0.15) is 13.3 Å². The smallest absolute Gasteiger partial charge is 0.139 e. The van der Waals surface area contributed by atoms with E-state index in [1.165, 1.54) is 0 Å². The minimum Gasteiger partial charge on any atom is -0.492 e. The van der Waals surface area contributed by atoms with Gasteiger partial charge in [-0.25, -0.2) is 0 Å². The molecule has 0 amide bonds. The van der Waals surface area contributed by atoms with Gasteiger partial charge in [-0.05, 0) is 6.92 Å². The van der Waals surface area contributed by atoms with Crippen molar-refractivity contribution in [1.29, 1.82) is 0 Å². The summed E-state index contributed by atoms with van der Waals surface area (Å²) in [5, 5.41) is 3.35. The van der Waals surface area contributed by atoms with E-state index in [0.717, 1.165) is 57.3 Å². The summed E-state index contributed by atoms with van der Waals surface area (Å²) in [6, 6.07) is 2.07. The number of piperazine rings is 1. The largest absolute Gasteiger partial charge is 0.492 e. The zero-order valence-corrected chi connectivity index (χ0v) is 11.6. The van der Waals surface area contributed by atoms with Gasteiger partial charge < -0.3 is 19.7 Å². The topological polar surface area (TPSA) is 46.6 Å². The molecule has 1 aliphatic rings. The average molecular weight is 265 g/mol. The number of nitrogens with one attached hydrogen (secondary N) is 1. The van der Waals surface area contributed by atoms with E-state index in [-0.39, 0.29) is 0 Å². The molecule has 2 rings (SSSR count). The Morgan fingerprint density at radius 2 is 2.11 bits per heavy atom. The summed E-state index contributed by atoms with van der Waals surface area (Å²) in [5.41, 5.74) is 1.14. The van der Waals surface area contributed by atoms with Gasteiger partial charge in [0.2, 0.25) is 0 Å². The van der Waals surface area contributed by atoms with Crippen molar-refractivity contribution in [3.8, 4) is 5.75 Å². The van der Waals surface area contributed by atoms with E-state index in [1.807, 2.05) is 13.1 Å². The Balaban J connectivity index is 1.81. The number of hydrogen-bond acceptors (Lipinski definition) is 5. The molecule has 0 spiro atoms. The molecule has 1 saturated heterocycles.